The van der Waals surface area contributed by atoms with Crippen molar-refractivity contribution < 1.29 is 14.8 Å². The summed E-state index contributed by atoms with van der Waals surface area (Å²) in [6, 6.07) is 4.65. The first-order chi connectivity index (χ1) is 10.0. The summed E-state index contributed by atoms with van der Waals surface area (Å²) < 4.78 is 5.45. The van der Waals surface area contributed by atoms with E-state index in [1.807, 2.05) is 6.92 Å². The van der Waals surface area contributed by atoms with Gasteiger partial charge in [0.15, 0.2) is 0 Å². The second kappa shape index (κ2) is 9.15. The molecule has 0 aromatic heterocycles. The number of anilines is 1. The van der Waals surface area contributed by atoms with Crippen molar-refractivity contribution in [3.8, 4) is 5.75 Å². The molecule has 0 bridgehead atoms. The predicted octanol–water partition coefficient (Wildman–Crippen LogP) is 1.77. The number of hydrogen-bond acceptors (Lipinski definition) is 6. The number of ether oxygens (including phenoxy) is 1. The molecule has 118 valence electrons. The van der Waals surface area contributed by atoms with Crippen molar-refractivity contribution in [3.05, 3.63) is 28.3 Å². The van der Waals surface area contributed by atoms with Gasteiger partial charge < -0.3 is 20.5 Å². The first kappa shape index (κ1) is 17.2. The van der Waals surface area contributed by atoms with Gasteiger partial charge in [-0.3, -0.25) is 10.1 Å². The molecule has 0 aliphatic carbocycles. The molecule has 1 atom stereocenters. The summed E-state index contributed by atoms with van der Waals surface area (Å²) in [5, 5.41) is 26.2. The lowest BCUT2D eigenvalue weighted by Crippen LogP contribution is -2.28. The Morgan fingerprint density at radius 2 is 2.14 bits per heavy atom. The molecule has 21 heavy (non-hydrogen) atoms. The Kier molecular flexibility index (Phi) is 7.49. The van der Waals surface area contributed by atoms with Crippen LogP contribution >= 0.6 is 0 Å². The molecule has 0 fully saturated rings. The van der Waals surface area contributed by atoms with Gasteiger partial charge in [-0.1, -0.05) is 6.92 Å². The van der Waals surface area contributed by atoms with Crippen LogP contribution in [0.3, 0.4) is 0 Å². The largest absolute Gasteiger partial charge is 0.493 e. The molecule has 1 aromatic carbocycles. The van der Waals surface area contributed by atoms with E-state index < -0.39 is 11.0 Å². The van der Waals surface area contributed by atoms with E-state index in [0.29, 0.717) is 37.7 Å². The normalized spacial score (nSPS) is 12.0. The second-order valence-electron chi connectivity index (χ2n) is 4.80. The van der Waals surface area contributed by atoms with Crippen LogP contribution in [0.5, 0.6) is 5.75 Å². The molecule has 0 aliphatic heterocycles. The summed E-state index contributed by atoms with van der Waals surface area (Å²) in [4.78, 5) is 10.5. The number of rotatable bonds is 10. The highest BCUT2D eigenvalue weighted by Gasteiger charge is 2.10. The van der Waals surface area contributed by atoms with Gasteiger partial charge in [-0.2, -0.15) is 0 Å². The maximum atomic E-state index is 10.9. The van der Waals surface area contributed by atoms with Crippen molar-refractivity contribution in [2.45, 2.75) is 26.4 Å². The van der Waals surface area contributed by atoms with Gasteiger partial charge in [0.05, 0.1) is 23.7 Å². The van der Waals surface area contributed by atoms with Gasteiger partial charge in [0.1, 0.15) is 5.75 Å². The van der Waals surface area contributed by atoms with Crippen LogP contribution in [0.1, 0.15) is 20.3 Å². The molecule has 3 N–H and O–H groups in total. The quantitative estimate of drug-likeness (QED) is 0.346. The number of nitro groups is 1. The SMILES string of the molecule is CCCOc1cc(NCCNCC(C)O)cc([N+](=O)[O-])c1. The van der Waals surface area contributed by atoms with Gasteiger partial charge in [-0.25, -0.2) is 0 Å². The number of aliphatic hydroxyl groups is 1. The Morgan fingerprint density at radius 3 is 2.76 bits per heavy atom. The van der Waals surface area contributed by atoms with Gasteiger partial charge >= 0.3 is 0 Å². The van der Waals surface area contributed by atoms with E-state index in [1.54, 1.807) is 13.0 Å². The molecule has 0 spiro atoms. The third-order valence-corrected chi connectivity index (χ3v) is 2.65. The van der Waals surface area contributed by atoms with E-state index in [1.165, 1.54) is 12.1 Å². The fourth-order valence-electron chi connectivity index (χ4n) is 1.70. The van der Waals surface area contributed by atoms with Crippen molar-refractivity contribution in [1.29, 1.82) is 0 Å². The zero-order chi connectivity index (χ0) is 15.7. The van der Waals surface area contributed by atoms with Crippen molar-refractivity contribution in [1.82, 2.24) is 5.32 Å². The molecule has 1 rings (SSSR count). The lowest BCUT2D eigenvalue weighted by atomic mass is 10.2. The minimum absolute atomic E-state index is 0.00282. The minimum atomic E-state index is -0.435. The van der Waals surface area contributed by atoms with E-state index in [4.69, 9.17) is 9.84 Å². The van der Waals surface area contributed by atoms with Crippen LogP contribution < -0.4 is 15.4 Å². The van der Waals surface area contributed by atoms with Crippen LogP contribution in [0.25, 0.3) is 0 Å². The van der Waals surface area contributed by atoms with Crippen molar-refractivity contribution in [3.63, 3.8) is 0 Å². The number of non-ortho nitro benzene ring substituents is 1. The summed E-state index contributed by atoms with van der Waals surface area (Å²) in [7, 11) is 0. The fourth-order valence-corrected chi connectivity index (χ4v) is 1.70. The predicted molar refractivity (Wildman–Crippen MR) is 81.9 cm³/mol. The zero-order valence-electron chi connectivity index (χ0n) is 12.5. The number of nitrogens with one attached hydrogen (secondary N) is 2. The van der Waals surface area contributed by atoms with Crippen LogP contribution in [0.2, 0.25) is 0 Å². The number of nitrogens with zero attached hydrogens (tertiary/aromatic N) is 1. The molecule has 0 saturated heterocycles. The Bertz CT molecular complexity index is 452. The number of nitro benzene ring substituents is 1. The Balaban J connectivity index is 2.58. The topological polar surface area (TPSA) is 96.7 Å². The lowest BCUT2D eigenvalue weighted by molar-refractivity contribution is -0.384. The smallest absolute Gasteiger partial charge is 0.275 e. The molecule has 7 heteroatoms. The molecule has 0 aliphatic rings. The molecular formula is C14H23N3O4. The summed E-state index contributed by atoms with van der Waals surface area (Å²) in [6.45, 7) is 5.97. The molecule has 0 radical (unpaired) electrons. The van der Waals surface area contributed by atoms with Gasteiger partial charge in [-0.15, -0.1) is 0 Å². The van der Waals surface area contributed by atoms with Gasteiger partial charge in [0, 0.05) is 37.5 Å². The van der Waals surface area contributed by atoms with Crippen LogP contribution in [0.15, 0.2) is 18.2 Å². The second-order valence-corrected chi connectivity index (χ2v) is 4.80. The van der Waals surface area contributed by atoms with E-state index in [9.17, 15) is 10.1 Å². The van der Waals surface area contributed by atoms with Crippen molar-refractivity contribution in [2.24, 2.45) is 0 Å². The molecule has 0 heterocycles. The Hall–Kier alpha value is -1.86. The minimum Gasteiger partial charge on any atom is -0.493 e. The maximum Gasteiger partial charge on any atom is 0.275 e. The average molecular weight is 297 g/mol. The Labute approximate surface area is 124 Å². The third-order valence-electron chi connectivity index (χ3n) is 2.65. The molecule has 7 nitrogen and oxygen atoms in total. The summed E-state index contributed by atoms with van der Waals surface area (Å²) in [6.07, 6.45) is 0.450. The van der Waals surface area contributed by atoms with Crippen molar-refractivity contribution >= 4 is 11.4 Å². The third kappa shape index (κ3) is 6.92. The van der Waals surface area contributed by atoms with E-state index in [0.717, 1.165) is 6.42 Å². The molecule has 1 unspecified atom stereocenters. The van der Waals surface area contributed by atoms with E-state index in [2.05, 4.69) is 10.6 Å². The first-order valence-electron chi connectivity index (χ1n) is 7.08. The highest BCUT2D eigenvalue weighted by atomic mass is 16.6. The average Bonchev–Trinajstić information content (AvgIpc) is 2.44. The highest BCUT2D eigenvalue weighted by molar-refractivity contribution is 5.56. The fraction of sp³-hybridized carbons (Fsp3) is 0.571. The van der Waals surface area contributed by atoms with Crippen LogP contribution in [0, 0.1) is 10.1 Å². The van der Waals surface area contributed by atoms with Crippen LogP contribution in [0.4, 0.5) is 11.4 Å². The summed E-state index contributed by atoms with van der Waals surface area (Å²) in [5.74, 6) is 0.491. The summed E-state index contributed by atoms with van der Waals surface area (Å²) >= 11 is 0. The van der Waals surface area contributed by atoms with Crippen LogP contribution in [-0.4, -0.2) is 42.4 Å². The molecule has 1 aromatic rings. The highest BCUT2D eigenvalue weighted by Crippen LogP contribution is 2.26. The molecule has 0 amide bonds. The summed E-state index contributed by atoms with van der Waals surface area (Å²) in [5.41, 5.74) is 0.650. The molecular weight excluding hydrogens is 274 g/mol. The number of hydrogen-bond donors (Lipinski definition) is 3. The van der Waals surface area contributed by atoms with E-state index in [-0.39, 0.29) is 5.69 Å². The monoisotopic (exact) mass is 297 g/mol. The zero-order valence-corrected chi connectivity index (χ0v) is 12.5. The van der Waals surface area contributed by atoms with E-state index >= 15 is 0 Å². The number of benzene rings is 1. The van der Waals surface area contributed by atoms with Crippen LogP contribution in [-0.2, 0) is 0 Å². The first-order valence-corrected chi connectivity index (χ1v) is 7.08. The van der Waals surface area contributed by atoms with Crippen molar-refractivity contribution in [2.75, 3.05) is 31.6 Å². The standard InChI is InChI=1S/C14H23N3O4/c1-3-6-21-14-8-12(7-13(9-14)17(19)20)16-5-4-15-10-11(2)18/h7-9,11,15-16,18H,3-6,10H2,1-2H3. The maximum absolute atomic E-state index is 10.9. The van der Waals surface area contributed by atoms with Gasteiger partial charge in [0.2, 0.25) is 0 Å². The molecule has 0 saturated carbocycles. The number of aliphatic hydroxyl groups excluding tert-OH is 1. The Morgan fingerprint density at radius 1 is 1.38 bits per heavy atom. The van der Waals surface area contributed by atoms with Gasteiger partial charge in [-0.05, 0) is 13.3 Å². The lowest BCUT2D eigenvalue weighted by Gasteiger charge is -2.11. The van der Waals surface area contributed by atoms with Gasteiger partial charge in [0.25, 0.3) is 5.69 Å².